The highest BCUT2D eigenvalue weighted by Crippen LogP contribution is 2.33. The van der Waals surface area contributed by atoms with E-state index in [-0.39, 0.29) is 0 Å². The van der Waals surface area contributed by atoms with Crippen LogP contribution < -0.4 is 0 Å². The summed E-state index contributed by atoms with van der Waals surface area (Å²) in [6, 6.07) is 6.21. The van der Waals surface area contributed by atoms with Crippen molar-refractivity contribution in [3.63, 3.8) is 0 Å². The number of nitrogens with zero attached hydrogens (tertiary/aromatic N) is 7. The number of fused-ring (bicyclic) bond motifs is 5. The molecule has 0 N–H and O–H groups in total. The first-order valence-corrected chi connectivity index (χ1v) is 9.13. The zero-order chi connectivity index (χ0) is 17.8. The molecule has 0 saturated heterocycles. The largest absolute Gasteiger partial charge is 0.300 e. The molecule has 0 bridgehead atoms. The van der Waals surface area contributed by atoms with Crippen LogP contribution >= 0.6 is 15.9 Å². The van der Waals surface area contributed by atoms with Crippen LogP contribution in [0.2, 0.25) is 0 Å². The van der Waals surface area contributed by atoms with Crippen LogP contribution in [0.5, 0.6) is 0 Å². The Hall–Kier alpha value is -2.74. The van der Waals surface area contributed by atoms with Gasteiger partial charge in [0.25, 0.3) is 0 Å². The van der Waals surface area contributed by atoms with Gasteiger partial charge in [0.05, 0.1) is 36.1 Å². The molecule has 0 aliphatic carbocycles. The summed E-state index contributed by atoms with van der Waals surface area (Å²) in [4.78, 5) is 9.31. The third-order valence-corrected chi connectivity index (χ3v) is 5.11. The van der Waals surface area contributed by atoms with Crippen molar-refractivity contribution in [2.45, 2.75) is 26.9 Å². The minimum atomic E-state index is 0.551. The average Bonchev–Trinajstić information content (AvgIpc) is 3.28. The first-order chi connectivity index (χ1) is 12.6. The van der Waals surface area contributed by atoms with Gasteiger partial charge in [0.15, 0.2) is 11.6 Å². The van der Waals surface area contributed by atoms with Crippen LogP contribution in [0.25, 0.3) is 17.1 Å². The number of rotatable bonds is 2. The minimum Gasteiger partial charge on any atom is -0.300 e. The highest BCUT2D eigenvalue weighted by atomic mass is 79.9. The monoisotopic (exact) mass is 409 g/mol. The van der Waals surface area contributed by atoms with E-state index in [1.54, 1.807) is 0 Å². The number of benzene rings is 1. The van der Waals surface area contributed by atoms with Crippen molar-refractivity contribution in [3.05, 3.63) is 64.2 Å². The SMILES string of the molecule is Cc1cnn(Cc2nc3n(n2)Cc2c(C)ncn2-c2ccc(Br)cc2-3)c1. The van der Waals surface area contributed by atoms with E-state index >= 15 is 0 Å². The van der Waals surface area contributed by atoms with Crippen molar-refractivity contribution in [1.29, 1.82) is 0 Å². The fourth-order valence-corrected chi connectivity index (χ4v) is 3.73. The van der Waals surface area contributed by atoms with E-state index in [4.69, 9.17) is 10.1 Å². The molecule has 1 aliphatic heterocycles. The molecular formula is C18H16BrN7. The van der Waals surface area contributed by atoms with Crippen molar-refractivity contribution < 1.29 is 0 Å². The molecule has 1 aromatic carbocycles. The fraction of sp³-hybridized carbons (Fsp3) is 0.222. The van der Waals surface area contributed by atoms with Crippen LogP contribution in [0, 0.1) is 13.8 Å². The van der Waals surface area contributed by atoms with Gasteiger partial charge in [-0.1, -0.05) is 15.9 Å². The van der Waals surface area contributed by atoms with Crippen molar-refractivity contribution in [3.8, 4) is 17.1 Å². The molecule has 1 aliphatic rings. The van der Waals surface area contributed by atoms with Gasteiger partial charge in [0.1, 0.15) is 6.54 Å². The van der Waals surface area contributed by atoms with Gasteiger partial charge in [0, 0.05) is 16.2 Å². The summed E-state index contributed by atoms with van der Waals surface area (Å²) in [5.41, 5.74) is 5.35. The summed E-state index contributed by atoms with van der Waals surface area (Å²) in [5.74, 6) is 1.61. The zero-order valence-electron chi connectivity index (χ0n) is 14.4. The first kappa shape index (κ1) is 15.5. The Labute approximate surface area is 158 Å². The number of imidazole rings is 1. The van der Waals surface area contributed by atoms with Crippen LogP contribution in [0.1, 0.15) is 22.8 Å². The molecule has 4 aromatic rings. The molecule has 8 heteroatoms. The summed E-state index contributed by atoms with van der Waals surface area (Å²) in [6.07, 6.45) is 5.71. The van der Waals surface area contributed by atoms with Gasteiger partial charge in [-0.2, -0.15) is 10.2 Å². The quantitative estimate of drug-likeness (QED) is 0.449. The van der Waals surface area contributed by atoms with Crippen LogP contribution in [-0.4, -0.2) is 34.1 Å². The maximum atomic E-state index is 4.83. The van der Waals surface area contributed by atoms with E-state index in [0.717, 1.165) is 44.3 Å². The molecule has 0 spiro atoms. The molecule has 0 fully saturated rings. The molecule has 3 aromatic heterocycles. The Morgan fingerprint density at radius 1 is 1.23 bits per heavy atom. The van der Waals surface area contributed by atoms with Gasteiger partial charge in [0.2, 0.25) is 0 Å². The lowest BCUT2D eigenvalue weighted by Gasteiger charge is -2.08. The van der Waals surface area contributed by atoms with Gasteiger partial charge in [-0.05, 0) is 37.6 Å². The standard InChI is InChI=1S/C18H16BrN7/c1-11-6-21-24(7-11)9-17-22-18-14-5-13(19)3-4-15(14)25-10-20-12(2)16(25)8-26(18)23-17/h3-7,10H,8-9H2,1-2H3. The lowest BCUT2D eigenvalue weighted by atomic mass is 10.1. The molecule has 7 nitrogen and oxygen atoms in total. The molecule has 0 radical (unpaired) electrons. The van der Waals surface area contributed by atoms with E-state index in [1.165, 1.54) is 0 Å². The molecule has 0 atom stereocenters. The number of halogens is 1. The van der Waals surface area contributed by atoms with Crippen LogP contribution in [0.3, 0.4) is 0 Å². The number of hydrogen-bond donors (Lipinski definition) is 0. The van der Waals surface area contributed by atoms with Gasteiger partial charge in [-0.25, -0.2) is 14.6 Å². The fourth-order valence-electron chi connectivity index (χ4n) is 3.36. The van der Waals surface area contributed by atoms with Gasteiger partial charge in [-0.15, -0.1) is 0 Å². The summed E-state index contributed by atoms with van der Waals surface area (Å²) >= 11 is 3.58. The average molecular weight is 410 g/mol. The summed E-state index contributed by atoms with van der Waals surface area (Å²) in [7, 11) is 0. The van der Waals surface area contributed by atoms with Gasteiger partial charge >= 0.3 is 0 Å². The topological polar surface area (TPSA) is 66.3 Å². The smallest absolute Gasteiger partial charge is 0.172 e. The summed E-state index contributed by atoms with van der Waals surface area (Å²) < 4.78 is 6.96. The van der Waals surface area contributed by atoms with Crippen LogP contribution in [0.4, 0.5) is 0 Å². The predicted molar refractivity (Wildman–Crippen MR) is 100 cm³/mol. The Morgan fingerprint density at radius 2 is 2.12 bits per heavy atom. The van der Waals surface area contributed by atoms with E-state index in [1.807, 2.05) is 48.0 Å². The Bertz CT molecular complexity index is 1130. The number of hydrogen-bond acceptors (Lipinski definition) is 4. The Balaban J connectivity index is 1.67. The van der Waals surface area contributed by atoms with Crippen molar-refractivity contribution in [2.24, 2.45) is 0 Å². The van der Waals surface area contributed by atoms with Crippen LogP contribution in [-0.2, 0) is 13.1 Å². The Kier molecular flexibility index (Phi) is 3.36. The molecule has 0 amide bonds. The summed E-state index contributed by atoms with van der Waals surface area (Å²) in [6.45, 7) is 5.24. The second kappa shape index (κ2) is 5.63. The lowest BCUT2D eigenvalue weighted by molar-refractivity contribution is 0.621. The highest BCUT2D eigenvalue weighted by molar-refractivity contribution is 9.10. The minimum absolute atomic E-state index is 0.551. The van der Waals surface area contributed by atoms with E-state index < -0.39 is 0 Å². The van der Waals surface area contributed by atoms with Gasteiger partial charge in [-0.3, -0.25) is 4.68 Å². The van der Waals surface area contributed by atoms with Crippen molar-refractivity contribution >= 4 is 15.9 Å². The zero-order valence-corrected chi connectivity index (χ0v) is 16.0. The maximum Gasteiger partial charge on any atom is 0.172 e. The maximum absolute atomic E-state index is 4.83. The Morgan fingerprint density at radius 3 is 2.92 bits per heavy atom. The van der Waals surface area contributed by atoms with E-state index in [9.17, 15) is 0 Å². The molecule has 0 saturated carbocycles. The lowest BCUT2D eigenvalue weighted by Crippen LogP contribution is -2.07. The third-order valence-electron chi connectivity index (χ3n) is 4.62. The van der Waals surface area contributed by atoms with Crippen LogP contribution in [0.15, 0.2) is 41.4 Å². The molecular weight excluding hydrogens is 394 g/mol. The van der Waals surface area contributed by atoms with Crippen molar-refractivity contribution in [2.75, 3.05) is 0 Å². The van der Waals surface area contributed by atoms with E-state index in [0.29, 0.717) is 13.1 Å². The number of aryl methyl sites for hydroxylation is 2. The molecule has 26 heavy (non-hydrogen) atoms. The van der Waals surface area contributed by atoms with Crippen molar-refractivity contribution in [1.82, 2.24) is 34.1 Å². The molecule has 130 valence electrons. The normalized spacial score (nSPS) is 12.4. The summed E-state index contributed by atoms with van der Waals surface area (Å²) in [5, 5.41) is 9.09. The first-order valence-electron chi connectivity index (χ1n) is 8.34. The second-order valence-electron chi connectivity index (χ2n) is 6.53. The molecule has 4 heterocycles. The third kappa shape index (κ3) is 2.40. The van der Waals surface area contributed by atoms with E-state index in [2.05, 4.69) is 42.7 Å². The molecule has 5 rings (SSSR count). The number of aromatic nitrogens is 7. The predicted octanol–water partition coefficient (Wildman–Crippen LogP) is 3.12. The van der Waals surface area contributed by atoms with Gasteiger partial charge < -0.3 is 4.57 Å². The highest BCUT2D eigenvalue weighted by Gasteiger charge is 2.24. The second-order valence-corrected chi connectivity index (χ2v) is 7.45. The molecule has 0 unspecified atom stereocenters.